The molecule has 4 rings (SSSR count). The number of anilines is 2. The first-order valence-corrected chi connectivity index (χ1v) is 7.56. The van der Waals surface area contributed by atoms with E-state index in [9.17, 15) is 4.79 Å². The third kappa shape index (κ3) is 2.11. The molecule has 2 aromatic rings. The second kappa shape index (κ2) is 4.95. The van der Waals surface area contributed by atoms with Crippen molar-refractivity contribution in [1.29, 1.82) is 0 Å². The van der Waals surface area contributed by atoms with Gasteiger partial charge in [0.1, 0.15) is 0 Å². The monoisotopic (exact) mass is 282 g/mol. The van der Waals surface area contributed by atoms with Crippen molar-refractivity contribution in [3.63, 3.8) is 0 Å². The van der Waals surface area contributed by atoms with Crippen LogP contribution in [0, 0.1) is 0 Å². The van der Waals surface area contributed by atoms with E-state index in [1.165, 1.54) is 24.1 Å². The van der Waals surface area contributed by atoms with Gasteiger partial charge in [0.25, 0.3) is 5.91 Å². The first-order chi connectivity index (χ1) is 10.3. The summed E-state index contributed by atoms with van der Waals surface area (Å²) in [6.45, 7) is 3.03. The van der Waals surface area contributed by atoms with E-state index in [1.54, 1.807) is 18.4 Å². The van der Waals surface area contributed by atoms with Crippen molar-refractivity contribution in [1.82, 2.24) is 0 Å². The van der Waals surface area contributed by atoms with Gasteiger partial charge in [0.2, 0.25) is 0 Å². The number of rotatable bonds is 2. The van der Waals surface area contributed by atoms with Crippen LogP contribution in [-0.4, -0.2) is 25.5 Å². The SMILES string of the molecule is O=C(c1ccco1)N1CCc2cc(N3CCCC3)ccc21. The predicted octanol–water partition coefficient (Wildman–Crippen LogP) is 3.08. The van der Waals surface area contributed by atoms with E-state index in [2.05, 4.69) is 23.1 Å². The maximum absolute atomic E-state index is 12.4. The summed E-state index contributed by atoms with van der Waals surface area (Å²) >= 11 is 0. The molecule has 2 aliphatic rings. The first kappa shape index (κ1) is 12.5. The first-order valence-electron chi connectivity index (χ1n) is 7.56. The van der Waals surface area contributed by atoms with Crippen LogP contribution >= 0.6 is 0 Å². The molecule has 3 heterocycles. The van der Waals surface area contributed by atoms with Crippen LogP contribution in [0.3, 0.4) is 0 Å². The van der Waals surface area contributed by atoms with Crippen molar-refractivity contribution in [2.45, 2.75) is 19.3 Å². The topological polar surface area (TPSA) is 36.7 Å². The molecule has 0 N–H and O–H groups in total. The average Bonchev–Trinajstić information content (AvgIpc) is 3.25. The lowest BCUT2D eigenvalue weighted by Crippen LogP contribution is -2.28. The summed E-state index contributed by atoms with van der Waals surface area (Å²) in [7, 11) is 0. The molecule has 4 heteroatoms. The molecule has 2 aliphatic heterocycles. The molecule has 1 fully saturated rings. The van der Waals surface area contributed by atoms with Crippen LogP contribution in [0.2, 0.25) is 0 Å². The zero-order valence-electron chi connectivity index (χ0n) is 11.9. The molecule has 1 saturated heterocycles. The molecular formula is C17H18N2O2. The Morgan fingerprint density at radius 3 is 2.71 bits per heavy atom. The number of fused-ring (bicyclic) bond motifs is 1. The van der Waals surface area contributed by atoms with E-state index < -0.39 is 0 Å². The molecule has 0 radical (unpaired) electrons. The summed E-state index contributed by atoms with van der Waals surface area (Å²) in [5.74, 6) is 0.360. The van der Waals surface area contributed by atoms with Gasteiger partial charge in [-0.25, -0.2) is 0 Å². The normalized spacial score (nSPS) is 17.3. The van der Waals surface area contributed by atoms with Crippen LogP contribution < -0.4 is 9.80 Å². The van der Waals surface area contributed by atoms with Crippen molar-refractivity contribution in [2.24, 2.45) is 0 Å². The smallest absolute Gasteiger partial charge is 0.293 e. The summed E-state index contributed by atoms with van der Waals surface area (Å²) in [5.41, 5.74) is 3.58. The number of nitrogens with zero attached hydrogens (tertiary/aromatic N) is 2. The van der Waals surface area contributed by atoms with Crippen LogP contribution in [0.1, 0.15) is 29.0 Å². The lowest BCUT2D eigenvalue weighted by molar-refractivity contribution is 0.0963. The molecule has 108 valence electrons. The number of carbonyl (C=O) groups is 1. The Balaban J connectivity index is 1.62. The van der Waals surface area contributed by atoms with Gasteiger partial charge in [-0.3, -0.25) is 4.79 Å². The van der Waals surface area contributed by atoms with Crippen molar-refractivity contribution < 1.29 is 9.21 Å². The molecule has 1 amide bonds. The fourth-order valence-corrected chi connectivity index (χ4v) is 3.30. The molecule has 0 atom stereocenters. The van der Waals surface area contributed by atoms with Crippen LogP contribution in [0.25, 0.3) is 0 Å². The highest BCUT2D eigenvalue weighted by Crippen LogP contribution is 2.33. The third-order valence-electron chi connectivity index (χ3n) is 4.41. The number of hydrogen-bond donors (Lipinski definition) is 0. The molecule has 4 nitrogen and oxygen atoms in total. The van der Waals surface area contributed by atoms with Gasteiger partial charge in [-0.1, -0.05) is 0 Å². The Bertz CT molecular complexity index is 657. The number of furan rings is 1. The molecule has 1 aromatic heterocycles. The summed E-state index contributed by atoms with van der Waals surface area (Å²) in [6.07, 6.45) is 5.02. The van der Waals surface area contributed by atoms with Crippen molar-refractivity contribution in [3.05, 3.63) is 47.9 Å². The highest BCUT2D eigenvalue weighted by Gasteiger charge is 2.27. The standard InChI is InChI=1S/C17H18N2O2/c20-17(16-4-3-11-21-16)19-10-7-13-12-14(5-6-15(13)19)18-8-1-2-9-18/h3-6,11-12H,1-2,7-10H2. The summed E-state index contributed by atoms with van der Waals surface area (Å²) in [6, 6.07) is 9.93. The summed E-state index contributed by atoms with van der Waals surface area (Å²) in [4.78, 5) is 16.7. The lowest BCUT2D eigenvalue weighted by atomic mass is 10.1. The van der Waals surface area contributed by atoms with E-state index in [0.717, 1.165) is 31.7 Å². The zero-order chi connectivity index (χ0) is 14.2. The molecule has 1 aromatic carbocycles. The highest BCUT2D eigenvalue weighted by atomic mass is 16.3. The second-order valence-electron chi connectivity index (χ2n) is 5.69. The lowest BCUT2D eigenvalue weighted by Gasteiger charge is -2.20. The number of benzene rings is 1. The van der Waals surface area contributed by atoms with Gasteiger partial charge in [-0.2, -0.15) is 0 Å². The van der Waals surface area contributed by atoms with Gasteiger partial charge in [-0.05, 0) is 55.2 Å². The van der Waals surface area contributed by atoms with Crippen molar-refractivity contribution >= 4 is 17.3 Å². The number of carbonyl (C=O) groups excluding carboxylic acids is 1. The van der Waals surface area contributed by atoms with Crippen molar-refractivity contribution in [3.8, 4) is 0 Å². The molecule has 21 heavy (non-hydrogen) atoms. The maximum Gasteiger partial charge on any atom is 0.293 e. The Kier molecular flexibility index (Phi) is 2.95. The van der Waals surface area contributed by atoms with E-state index >= 15 is 0 Å². The van der Waals surface area contributed by atoms with Crippen LogP contribution in [0.5, 0.6) is 0 Å². The molecule has 0 bridgehead atoms. The van der Waals surface area contributed by atoms with Crippen LogP contribution in [0.4, 0.5) is 11.4 Å². The Hall–Kier alpha value is -2.23. The van der Waals surface area contributed by atoms with E-state index in [-0.39, 0.29) is 5.91 Å². The Morgan fingerprint density at radius 1 is 1.10 bits per heavy atom. The predicted molar refractivity (Wildman–Crippen MR) is 82.0 cm³/mol. The molecule has 0 unspecified atom stereocenters. The van der Waals surface area contributed by atoms with Crippen molar-refractivity contribution in [2.75, 3.05) is 29.4 Å². The minimum absolute atomic E-state index is 0.0485. The largest absolute Gasteiger partial charge is 0.459 e. The van der Waals surface area contributed by atoms with Gasteiger partial charge in [0, 0.05) is 31.0 Å². The number of hydrogen-bond acceptors (Lipinski definition) is 3. The second-order valence-corrected chi connectivity index (χ2v) is 5.69. The van der Waals surface area contributed by atoms with Crippen LogP contribution in [-0.2, 0) is 6.42 Å². The van der Waals surface area contributed by atoms with Crippen LogP contribution in [0.15, 0.2) is 41.0 Å². The zero-order valence-corrected chi connectivity index (χ0v) is 11.9. The molecule has 0 aliphatic carbocycles. The fourth-order valence-electron chi connectivity index (χ4n) is 3.30. The van der Waals surface area contributed by atoms with Gasteiger partial charge >= 0.3 is 0 Å². The Morgan fingerprint density at radius 2 is 1.95 bits per heavy atom. The highest BCUT2D eigenvalue weighted by molar-refractivity contribution is 6.05. The molecule has 0 saturated carbocycles. The van der Waals surface area contributed by atoms with Gasteiger partial charge in [0.15, 0.2) is 5.76 Å². The summed E-state index contributed by atoms with van der Waals surface area (Å²) < 4.78 is 5.23. The fraction of sp³-hybridized carbons (Fsp3) is 0.353. The molecule has 0 spiro atoms. The van der Waals surface area contributed by atoms with E-state index in [4.69, 9.17) is 4.42 Å². The minimum atomic E-state index is -0.0485. The minimum Gasteiger partial charge on any atom is -0.459 e. The van der Waals surface area contributed by atoms with Gasteiger partial charge < -0.3 is 14.2 Å². The molecular weight excluding hydrogens is 264 g/mol. The quantitative estimate of drug-likeness (QED) is 0.849. The van der Waals surface area contributed by atoms with E-state index in [1.807, 2.05) is 4.90 Å². The third-order valence-corrected chi connectivity index (χ3v) is 4.41. The summed E-state index contributed by atoms with van der Waals surface area (Å²) in [5, 5.41) is 0. The van der Waals surface area contributed by atoms with Gasteiger partial charge in [0.05, 0.1) is 6.26 Å². The van der Waals surface area contributed by atoms with E-state index in [0.29, 0.717) is 5.76 Å². The maximum atomic E-state index is 12.4. The average molecular weight is 282 g/mol. The van der Waals surface area contributed by atoms with Gasteiger partial charge in [-0.15, -0.1) is 0 Å². The Labute approximate surface area is 124 Å². The number of amides is 1.